The second-order valence-electron chi connectivity index (χ2n) is 10.5. The van der Waals surface area contributed by atoms with Gasteiger partial charge in [0, 0.05) is 6.42 Å². The standard InChI is InChI=1S/C31H52NO9P/c1-2-3-4-5-6-7-8-9-10-11-12-13-14-15-19-22-30(33)39-25-28(24-38-23-27-20-17-16-18-21-27)41-42(36,37)40-26-29(32)31(34)35/h9-10,16-18,20-21,28-29H,2-8,11-15,19,22-26,32H2,1H3,(H,34,35)(H,36,37)/b10-9-/t28-,29+/m1/s1. The number of carbonyl (C=O) groups excluding carboxylic acids is 1. The molecule has 1 rings (SSSR count). The maximum atomic E-state index is 12.3. The average Bonchev–Trinajstić information content (AvgIpc) is 2.97. The molecule has 42 heavy (non-hydrogen) atoms. The van der Waals surface area contributed by atoms with Crippen LogP contribution in [0.5, 0.6) is 0 Å². The van der Waals surface area contributed by atoms with Crippen LogP contribution in [0, 0.1) is 0 Å². The number of phosphoric acid groups is 1. The first-order valence-electron chi connectivity index (χ1n) is 15.3. The number of carbonyl (C=O) groups is 2. The van der Waals surface area contributed by atoms with Crippen LogP contribution in [-0.4, -0.2) is 53.9 Å². The van der Waals surface area contributed by atoms with Crippen molar-refractivity contribution in [2.24, 2.45) is 5.73 Å². The number of hydrogen-bond donors (Lipinski definition) is 3. The van der Waals surface area contributed by atoms with Crippen LogP contribution in [0.15, 0.2) is 42.5 Å². The van der Waals surface area contributed by atoms with Crippen molar-refractivity contribution in [2.45, 2.75) is 116 Å². The number of benzene rings is 1. The van der Waals surface area contributed by atoms with Gasteiger partial charge >= 0.3 is 19.8 Å². The van der Waals surface area contributed by atoms with Crippen molar-refractivity contribution in [1.82, 2.24) is 0 Å². The Kier molecular flexibility index (Phi) is 22.0. The van der Waals surface area contributed by atoms with Crippen molar-refractivity contribution in [3.05, 3.63) is 48.0 Å². The summed E-state index contributed by atoms with van der Waals surface area (Å²) in [6.07, 6.45) is 18.8. The molecule has 4 N–H and O–H groups in total. The number of hydrogen-bond acceptors (Lipinski definition) is 8. The average molecular weight is 614 g/mol. The number of nitrogens with two attached hydrogens (primary N) is 1. The van der Waals surface area contributed by atoms with Gasteiger partial charge in [0.2, 0.25) is 0 Å². The third-order valence-corrected chi connectivity index (χ3v) is 7.54. The summed E-state index contributed by atoms with van der Waals surface area (Å²) in [5.41, 5.74) is 6.20. The quantitative estimate of drug-likeness (QED) is 0.0423. The van der Waals surface area contributed by atoms with E-state index in [0.29, 0.717) is 6.42 Å². The molecule has 1 aromatic carbocycles. The first-order chi connectivity index (χ1) is 20.2. The maximum absolute atomic E-state index is 12.3. The predicted octanol–water partition coefficient (Wildman–Crippen LogP) is 6.70. The molecule has 0 aliphatic heterocycles. The Labute approximate surface area is 251 Å². The van der Waals surface area contributed by atoms with Gasteiger partial charge in [-0.25, -0.2) is 4.57 Å². The summed E-state index contributed by atoms with van der Waals surface area (Å²) in [4.78, 5) is 33.1. The molecule has 10 nitrogen and oxygen atoms in total. The van der Waals surface area contributed by atoms with Crippen molar-refractivity contribution < 1.29 is 42.7 Å². The Morgan fingerprint density at radius 2 is 1.48 bits per heavy atom. The Morgan fingerprint density at radius 1 is 0.881 bits per heavy atom. The van der Waals surface area contributed by atoms with Crippen LogP contribution in [0.2, 0.25) is 0 Å². The lowest BCUT2D eigenvalue weighted by atomic mass is 10.1. The first-order valence-corrected chi connectivity index (χ1v) is 16.8. The van der Waals surface area contributed by atoms with Crippen LogP contribution in [-0.2, 0) is 39.3 Å². The van der Waals surface area contributed by atoms with Gasteiger partial charge in [0.05, 0.1) is 19.8 Å². The highest BCUT2D eigenvalue weighted by Crippen LogP contribution is 2.44. The number of unbranched alkanes of at least 4 members (excludes halogenated alkanes) is 11. The highest BCUT2D eigenvalue weighted by molar-refractivity contribution is 7.47. The summed E-state index contributed by atoms with van der Waals surface area (Å²) in [5.74, 6) is -1.83. The number of carboxylic acid groups (broad SMARTS) is 1. The Morgan fingerprint density at radius 3 is 2.10 bits per heavy atom. The second kappa shape index (κ2) is 24.4. The Hall–Kier alpha value is -2.07. The maximum Gasteiger partial charge on any atom is 0.472 e. The van der Waals surface area contributed by atoms with Crippen LogP contribution in [0.4, 0.5) is 0 Å². The number of carboxylic acids is 1. The smallest absolute Gasteiger partial charge is 0.472 e. The van der Waals surface area contributed by atoms with E-state index in [4.69, 9.17) is 29.4 Å². The predicted molar refractivity (Wildman–Crippen MR) is 163 cm³/mol. The van der Waals surface area contributed by atoms with Crippen LogP contribution >= 0.6 is 7.82 Å². The van der Waals surface area contributed by atoms with Crippen molar-refractivity contribution in [1.29, 1.82) is 0 Å². The second-order valence-corrected chi connectivity index (χ2v) is 11.9. The number of rotatable bonds is 27. The van der Waals surface area contributed by atoms with Crippen LogP contribution in [0.3, 0.4) is 0 Å². The van der Waals surface area contributed by atoms with E-state index in [2.05, 4.69) is 19.1 Å². The number of esters is 1. The van der Waals surface area contributed by atoms with Crippen LogP contribution < -0.4 is 5.73 Å². The summed E-state index contributed by atoms with van der Waals surface area (Å²) in [5, 5.41) is 8.84. The van der Waals surface area contributed by atoms with Gasteiger partial charge in [-0.2, -0.15) is 0 Å². The molecule has 0 spiro atoms. The molecule has 0 radical (unpaired) electrons. The van der Waals surface area contributed by atoms with Gasteiger partial charge in [-0.05, 0) is 37.7 Å². The monoisotopic (exact) mass is 613 g/mol. The minimum Gasteiger partial charge on any atom is -0.480 e. The van der Waals surface area contributed by atoms with Crippen molar-refractivity contribution in [2.75, 3.05) is 19.8 Å². The van der Waals surface area contributed by atoms with E-state index in [1.54, 1.807) is 0 Å². The molecule has 0 aliphatic carbocycles. The minimum absolute atomic E-state index is 0.158. The number of ether oxygens (including phenoxy) is 2. The third-order valence-electron chi connectivity index (χ3n) is 6.50. The topological polar surface area (TPSA) is 155 Å². The van der Waals surface area contributed by atoms with Crippen LogP contribution in [0.1, 0.15) is 102 Å². The molecule has 11 heteroatoms. The highest BCUT2D eigenvalue weighted by atomic mass is 31.2. The lowest BCUT2D eigenvalue weighted by Gasteiger charge is -2.21. The van der Waals surface area contributed by atoms with Gasteiger partial charge in [-0.1, -0.05) is 101 Å². The van der Waals surface area contributed by atoms with E-state index in [1.807, 2.05) is 30.3 Å². The summed E-state index contributed by atoms with van der Waals surface area (Å²) in [6.45, 7) is 1.24. The number of aliphatic carboxylic acids is 1. The van der Waals surface area contributed by atoms with E-state index < -0.39 is 38.5 Å². The molecule has 1 unspecified atom stereocenters. The molecule has 0 saturated carbocycles. The third kappa shape index (κ3) is 21.6. The first kappa shape index (κ1) is 38.0. The van der Waals surface area contributed by atoms with Crippen LogP contribution in [0.25, 0.3) is 0 Å². The normalized spacial score (nSPS) is 14.5. The minimum atomic E-state index is -4.69. The summed E-state index contributed by atoms with van der Waals surface area (Å²) >= 11 is 0. The lowest BCUT2D eigenvalue weighted by Crippen LogP contribution is -2.35. The molecule has 240 valence electrons. The molecule has 3 atom stereocenters. The molecule has 0 aromatic heterocycles. The largest absolute Gasteiger partial charge is 0.480 e. The fraction of sp³-hybridized carbons (Fsp3) is 0.677. The summed E-state index contributed by atoms with van der Waals surface area (Å²) in [7, 11) is -4.69. The van der Waals surface area contributed by atoms with E-state index in [1.165, 1.54) is 44.9 Å². The SMILES string of the molecule is CCCCCCCC/C=C\CCCCCCCC(=O)OC[C@@H](COCc1ccccc1)OP(=O)(O)OC[C@H](N)C(=O)O. The van der Waals surface area contributed by atoms with E-state index in [9.17, 15) is 19.0 Å². The van der Waals surface area contributed by atoms with E-state index in [0.717, 1.165) is 37.7 Å². The molecule has 1 aromatic rings. The molecule has 0 aliphatic rings. The van der Waals surface area contributed by atoms with Gasteiger partial charge in [-0.3, -0.25) is 18.6 Å². The van der Waals surface area contributed by atoms with Crippen molar-refractivity contribution in [3.8, 4) is 0 Å². The molecule has 0 saturated heterocycles. The Bertz CT molecular complexity index is 913. The highest BCUT2D eigenvalue weighted by Gasteiger charge is 2.29. The summed E-state index contributed by atoms with van der Waals surface area (Å²) in [6, 6.07) is 7.79. The van der Waals surface area contributed by atoms with Gasteiger partial charge in [0.1, 0.15) is 18.8 Å². The molecule has 0 fully saturated rings. The Balaban J connectivity index is 2.28. The summed E-state index contributed by atoms with van der Waals surface area (Å²) < 4.78 is 33.0. The molecule has 0 heterocycles. The lowest BCUT2D eigenvalue weighted by molar-refractivity contribution is -0.148. The van der Waals surface area contributed by atoms with Crippen molar-refractivity contribution in [3.63, 3.8) is 0 Å². The van der Waals surface area contributed by atoms with Gasteiger partial charge in [0.25, 0.3) is 0 Å². The van der Waals surface area contributed by atoms with Gasteiger partial charge in [-0.15, -0.1) is 0 Å². The molecule has 0 amide bonds. The zero-order valence-corrected chi connectivity index (χ0v) is 26.1. The molecule has 0 bridgehead atoms. The van der Waals surface area contributed by atoms with E-state index in [-0.39, 0.29) is 26.2 Å². The van der Waals surface area contributed by atoms with Gasteiger partial charge < -0.3 is 25.2 Å². The zero-order valence-electron chi connectivity index (χ0n) is 25.2. The van der Waals surface area contributed by atoms with Gasteiger partial charge in [0.15, 0.2) is 0 Å². The number of allylic oxidation sites excluding steroid dienone is 2. The number of phosphoric ester groups is 1. The molecular weight excluding hydrogens is 561 g/mol. The fourth-order valence-corrected chi connectivity index (χ4v) is 4.96. The molecular formula is C31H52NO9P. The zero-order chi connectivity index (χ0) is 30.9. The van der Waals surface area contributed by atoms with E-state index >= 15 is 0 Å². The van der Waals surface area contributed by atoms with Crippen molar-refractivity contribution >= 4 is 19.8 Å². The fourth-order valence-electron chi connectivity index (χ4n) is 4.05.